The number of amides is 1. The van der Waals surface area contributed by atoms with E-state index in [2.05, 4.69) is 31.3 Å². The van der Waals surface area contributed by atoms with E-state index in [0.717, 1.165) is 32.1 Å². The SMILES string of the molecule is CCCCCC/C=C\CCCC(=O)NC(COP(=O)([O-])OCC[N+](C)(C)C)C(O)CCCCCCCCCCCCCCC. The molecule has 0 saturated carbocycles. The molecule has 0 aliphatic rings. The first-order valence-corrected chi connectivity index (χ1v) is 19.5. The number of likely N-dealkylation sites (N-methyl/N-ethyl adjacent to an activating group) is 1. The zero-order valence-electron chi connectivity index (χ0n) is 29.4. The number of quaternary nitrogens is 1. The molecule has 0 heterocycles. The first-order valence-electron chi connectivity index (χ1n) is 18.0. The van der Waals surface area contributed by atoms with Crippen molar-refractivity contribution in [1.29, 1.82) is 0 Å². The summed E-state index contributed by atoms with van der Waals surface area (Å²) in [6, 6.07) is -0.807. The minimum atomic E-state index is -4.55. The predicted molar refractivity (Wildman–Crippen MR) is 182 cm³/mol. The van der Waals surface area contributed by atoms with Gasteiger partial charge in [-0.05, 0) is 32.1 Å². The minimum absolute atomic E-state index is 0.00887. The maximum Gasteiger partial charge on any atom is 0.268 e. The lowest BCUT2D eigenvalue weighted by Gasteiger charge is -2.30. The maximum atomic E-state index is 12.7. The van der Waals surface area contributed by atoms with Crippen molar-refractivity contribution in [1.82, 2.24) is 5.32 Å². The molecular weight excluding hydrogens is 575 g/mol. The summed E-state index contributed by atoms with van der Waals surface area (Å²) >= 11 is 0. The highest BCUT2D eigenvalue weighted by Gasteiger charge is 2.24. The Labute approximate surface area is 272 Å². The third-order valence-corrected chi connectivity index (χ3v) is 8.97. The second kappa shape index (κ2) is 28.5. The Morgan fingerprint density at radius 2 is 1.25 bits per heavy atom. The zero-order valence-corrected chi connectivity index (χ0v) is 30.3. The number of nitrogens with one attached hydrogen (secondary N) is 1. The average Bonchev–Trinajstić information content (AvgIpc) is 2.95. The number of phosphoric ester groups is 1. The van der Waals surface area contributed by atoms with Crippen molar-refractivity contribution in [2.75, 3.05) is 40.9 Å². The molecule has 0 radical (unpaired) electrons. The van der Waals surface area contributed by atoms with Gasteiger partial charge in [0, 0.05) is 6.42 Å². The lowest BCUT2D eigenvalue weighted by atomic mass is 10.0. The molecule has 0 bridgehead atoms. The van der Waals surface area contributed by atoms with Gasteiger partial charge in [0.25, 0.3) is 7.82 Å². The van der Waals surface area contributed by atoms with Crippen LogP contribution in [0.3, 0.4) is 0 Å². The van der Waals surface area contributed by atoms with Crippen LogP contribution >= 0.6 is 7.82 Å². The first kappa shape index (κ1) is 43.2. The molecule has 0 aromatic rings. The van der Waals surface area contributed by atoms with E-state index in [1.807, 2.05) is 21.1 Å². The molecule has 1 amide bonds. The third-order valence-electron chi connectivity index (χ3n) is 8.00. The van der Waals surface area contributed by atoms with Gasteiger partial charge in [0.15, 0.2) is 0 Å². The van der Waals surface area contributed by atoms with Crippen molar-refractivity contribution in [3.8, 4) is 0 Å². The maximum absolute atomic E-state index is 12.7. The van der Waals surface area contributed by atoms with Gasteiger partial charge in [0.05, 0.1) is 39.9 Å². The molecule has 44 heavy (non-hydrogen) atoms. The monoisotopic (exact) mass is 647 g/mol. The van der Waals surface area contributed by atoms with Crippen LogP contribution in [0.2, 0.25) is 0 Å². The Morgan fingerprint density at radius 3 is 1.77 bits per heavy atom. The van der Waals surface area contributed by atoms with Crippen LogP contribution in [-0.2, 0) is 18.4 Å². The van der Waals surface area contributed by atoms with Gasteiger partial charge < -0.3 is 28.8 Å². The second-order valence-electron chi connectivity index (χ2n) is 13.6. The number of phosphoric acid groups is 1. The van der Waals surface area contributed by atoms with E-state index in [4.69, 9.17) is 9.05 Å². The third kappa shape index (κ3) is 29.9. The Hall–Kier alpha value is -0.760. The van der Waals surface area contributed by atoms with Crippen LogP contribution in [0.1, 0.15) is 155 Å². The summed E-state index contributed by atoms with van der Waals surface area (Å²) in [7, 11) is 1.29. The summed E-state index contributed by atoms with van der Waals surface area (Å²) in [6.07, 6.45) is 27.9. The Morgan fingerprint density at radius 1 is 0.773 bits per heavy atom. The van der Waals surface area contributed by atoms with Crippen LogP contribution < -0.4 is 10.2 Å². The minimum Gasteiger partial charge on any atom is -0.756 e. The molecule has 0 aromatic carbocycles. The summed E-state index contributed by atoms with van der Waals surface area (Å²) in [4.78, 5) is 25.0. The standard InChI is InChI=1S/C35H71N2O6P/c1-6-8-10-12-14-16-17-18-19-21-22-24-26-28-34(38)33(32-43-44(40,41)42-31-30-37(3,4)5)36-35(39)29-27-25-23-20-15-13-11-9-7-2/h20,23,33-34,38H,6-19,21-22,24-32H2,1-5H3,(H-,36,39,40,41)/b23-20-. The normalized spacial score (nSPS) is 15.0. The predicted octanol–water partition coefficient (Wildman–Crippen LogP) is 8.22. The molecule has 0 aliphatic carbocycles. The van der Waals surface area contributed by atoms with E-state index >= 15 is 0 Å². The van der Waals surface area contributed by atoms with Gasteiger partial charge in [-0.3, -0.25) is 9.36 Å². The molecule has 0 rings (SSSR count). The molecule has 2 N–H and O–H groups in total. The summed E-state index contributed by atoms with van der Waals surface area (Å²) in [6.45, 7) is 4.63. The van der Waals surface area contributed by atoms with Crippen molar-refractivity contribution in [2.45, 2.75) is 167 Å². The highest BCUT2D eigenvalue weighted by atomic mass is 31.2. The quantitative estimate of drug-likeness (QED) is 0.0330. The molecule has 0 aromatic heterocycles. The summed E-state index contributed by atoms with van der Waals surface area (Å²) in [5, 5.41) is 13.7. The Balaban J connectivity index is 4.52. The second-order valence-corrected chi connectivity index (χ2v) is 15.0. The van der Waals surface area contributed by atoms with Gasteiger partial charge in [0.1, 0.15) is 13.2 Å². The number of hydrogen-bond donors (Lipinski definition) is 2. The van der Waals surface area contributed by atoms with Gasteiger partial charge in [0.2, 0.25) is 5.91 Å². The van der Waals surface area contributed by atoms with Crippen LogP contribution in [0.4, 0.5) is 0 Å². The topological polar surface area (TPSA) is 108 Å². The molecule has 0 aliphatic heterocycles. The number of rotatable bonds is 32. The van der Waals surface area contributed by atoms with E-state index in [1.165, 1.54) is 89.9 Å². The van der Waals surface area contributed by atoms with Crippen LogP contribution in [0.15, 0.2) is 12.2 Å². The number of hydrogen-bond acceptors (Lipinski definition) is 6. The molecule has 9 heteroatoms. The lowest BCUT2D eigenvalue weighted by molar-refractivity contribution is -0.870. The Kier molecular flexibility index (Phi) is 28.0. The van der Waals surface area contributed by atoms with E-state index in [-0.39, 0.29) is 19.1 Å². The molecule has 0 fully saturated rings. The number of nitrogens with zero attached hydrogens (tertiary/aromatic N) is 1. The fourth-order valence-corrected chi connectivity index (χ4v) is 5.76. The van der Waals surface area contributed by atoms with Crippen LogP contribution in [0, 0.1) is 0 Å². The molecule has 8 nitrogen and oxygen atoms in total. The largest absolute Gasteiger partial charge is 0.756 e. The van der Waals surface area contributed by atoms with E-state index in [0.29, 0.717) is 30.3 Å². The van der Waals surface area contributed by atoms with Gasteiger partial charge in [-0.25, -0.2) is 0 Å². The van der Waals surface area contributed by atoms with Crippen LogP contribution in [-0.4, -0.2) is 68.5 Å². The number of allylic oxidation sites excluding steroid dienone is 2. The van der Waals surface area contributed by atoms with Gasteiger partial charge in [-0.2, -0.15) is 0 Å². The number of aliphatic hydroxyl groups is 1. The molecular formula is C35H71N2O6P. The Bertz CT molecular complexity index is 743. The number of unbranched alkanes of at least 4 members (excludes halogenated alkanes) is 17. The smallest absolute Gasteiger partial charge is 0.268 e. The first-order chi connectivity index (χ1) is 21.0. The van der Waals surface area contributed by atoms with Crippen LogP contribution in [0.5, 0.6) is 0 Å². The molecule has 3 unspecified atom stereocenters. The van der Waals surface area contributed by atoms with E-state index in [9.17, 15) is 19.4 Å². The fourth-order valence-electron chi connectivity index (χ4n) is 5.04. The number of aliphatic hydroxyl groups excluding tert-OH is 1. The van der Waals surface area contributed by atoms with Crippen LogP contribution in [0.25, 0.3) is 0 Å². The highest BCUT2D eigenvalue weighted by Crippen LogP contribution is 2.38. The van der Waals surface area contributed by atoms with Crippen molar-refractivity contribution in [3.05, 3.63) is 12.2 Å². The molecule has 262 valence electrons. The fraction of sp³-hybridized carbons (Fsp3) is 0.914. The van der Waals surface area contributed by atoms with E-state index in [1.54, 1.807) is 0 Å². The van der Waals surface area contributed by atoms with E-state index < -0.39 is 20.0 Å². The van der Waals surface area contributed by atoms with Crippen molar-refractivity contribution in [3.63, 3.8) is 0 Å². The highest BCUT2D eigenvalue weighted by molar-refractivity contribution is 7.45. The molecule has 0 spiro atoms. The zero-order chi connectivity index (χ0) is 32.9. The summed E-state index contributed by atoms with van der Waals surface area (Å²) in [5.74, 6) is -0.203. The average molecular weight is 647 g/mol. The number of carbonyl (C=O) groups excluding carboxylic acids is 1. The molecule has 0 saturated heterocycles. The number of carbonyl (C=O) groups is 1. The van der Waals surface area contributed by atoms with Crippen molar-refractivity contribution < 1.29 is 32.9 Å². The van der Waals surface area contributed by atoms with Gasteiger partial charge in [-0.15, -0.1) is 0 Å². The van der Waals surface area contributed by atoms with Crippen molar-refractivity contribution >= 4 is 13.7 Å². The lowest BCUT2D eigenvalue weighted by Crippen LogP contribution is -2.46. The summed E-state index contributed by atoms with van der Waals surface area (Å²) in [5.41, 5.74) is 0. The summed E-state index contributed by atoms with van der Waals surface area (Å²) < 4.78 is 23.1. The van der Waals surface area contributed by atoms with Crippen molar-refractivity contribution in [2.24, 2.45) is 0 Å². The molecule has 3 atom stereocenters. The van der Waals surface area contributed by atoms with Gasteiger partial charge in [-0.1, -0.05) is 129 Å². The van der Waals surface area contributed by atoms with Gasteiger partial charge >= 0.3 is 0 Å².